The van der Waals surface area contributed by atoms with Gasteiger partial charge in [-0.15, -0.1) is 0 Å². The molecule has 4 heterocycles. The Morgan fingerprint density at radius 3 is 2.83 bits per heavy atom. The second-order valence-corrected chi connectivity index (χ2v) is 8.17. The number of hydrogen-bond acceptors (Lipinski definition) is 5. The lowest BCUT2D eigenvalue weighted by Gasteiger charge is -2.30. The van der Waals surface area contributed by atoms with E-state index >= 15 is 0 Å². The van der Waals surface area contributed by atoms with Crippen molar-refractivity contribution in [2.45, 2.75) is 45.3 Å². The molecular formula is C22H22ClN5O. The van der Waals surface area contributed by atoms with Crippen LogP contribution in [0.3, 0.4) is 0 Å². The number of pyridine rings is 1. The van der Waals surface area contributed by atoms with E-state index in [1.807, 2.05) is 37.5 Å². The zero-order chi connectivity index (χ0) is 20.0. The molecule has 6 nitrogen and oxygen atoms in total. The van der Waals surface area contributed by atoms with Gasteiger partial charge in [0, 0.05) is 41.9 Å². The third kappa shape index (κ3) is 3.47. The maximum Gasteiger partial charge on any atom is 0.116 e. The zero-order valence-corrected chi connectivity index (χ0v) is 17.2. The van der Waals surface area contributed by atoms with Crippen LogP contribution in [0.4, 0.5) is 0 Å². The van der Waals surface area contributed by atoms with Crippen molar-refractivity contribution >= 4 is 33.5 Å². The van der Waals surface area contributed by atoms with E-state index in [4.69, 9.17) is 21.3 Å². The highest BCUT2D eigenvalue weighted by Gasteiger charge is 2.26. The maximum atomic E-state index is 6.34. The van der Waals surface area contributed by atoms with Gasteiger partial charge in [0.25, 0.3) is 0 Å². The van der Waals surface area contributed by atoms with Gasteiger partial charge in [0.05, 0.1) is 34.7 Å². The van der Waals surface area contributed by atoms with Gasteiger partial charge >= 0.3 is 0 Å². The predicted molar refractivity (Wildman–Crippen MR) is 113 cm³/mol. The molecule has 0 bridgehead atoms. The van der Waals surface area contributed by atoms with Crippen molar-refractivity contribution in [3.8, 4) is 0 Å². The number of aromatic nitrogens is 5. The Kier molecular flexibility index (Phi) is 4.68. The lowest BCUT2D eigenvalue weighted by molar-refractivity contribution is 0.00631. The number of nitrogens with zero attached hydrogens (tertiary/aromatic N) is 5. The van der Waals surface area contributed by atoms with Gasteiger partial charge in [-0.2, -0.15) is 0 Å². The fraction of sp³-hybridized carbons (Fsp3) is 0.364. The SMILES string of the molecule is Cc1cnc(Cc2nc3cnc4ccc(Cl)cc4c3n2C2CCO[C@H](C)C2)cn1. The lowest BCUT2D eigenvalue weighted by Crippen LogP contribution is -2.26. The third-order valence-electron chi connectivity index (χ3n) is 5.55. The quantitative estimate of drug-likeness (QED) is 0.493. The summed E-state index contributed by atoms with van der Waals surface area (Å²) < 4.78 is 8.18. The molecule has 1 fully saturated rings. The van der Waals surface area contributed by atoms with Gasteiger partial charge in [-0.3, -0.25) is 15.0 Å². The fourth-order valence-electron chi connectivity index (χ4n) is 4.20. The molecule has 5 rings (SSSR count). The van der Waals surface area contributed by atoms with Gasteiger partial charge in [0.1, 0.15) is 11.3 Å². The molecule has 2 atom stereocenters. The number of ether oxygens (including phenoxy) is 1. The van der Waals surface area contributed by atoms with E-state index in [0.29, 0.717) is 17.5 Å². The normalized spacial score (nSPS) is 19.8. The molecule has 0 spiro atoms. The number of aryl methyl sites for hydroxylation is 1. The van der Waals surface area contributed by atoms with Crippen LogP contribution in [0.25, 0.3) is 21.9 Å². The first kappa shape index (κ1) is 18.5. The molecule has 1 aromatic carbocycles. The van der Waals surface area contributed by atoms with E-state index in [-0.39, 0.29) is 6.10 Å². The van der Waals surface area contributed by atoms with Crippen molar-refractivity contribution in [1.29, 1.82) is 0 Å². The first-order chi connectivity index (χ1) is 14.1. The van der Waals surface area contributed by atoms with Crippen LogP contribution < -0.4 is 0 Å². The summed E-state index contributed by atoms with van der Waals surface area (Å²) in [4.78, 5) is 18.5. The zero-order valence-electron chi connectivity index (χ0n) is 16.5. The Morgan fingerprint density at radius 2 is 2.03 bits per heavy atom. The van der Waals surface area contributed by atoms with E-state index in [0.717, 1.165) is 58.6 Å². The van der Waals surface area contributed by atoms with Crippen molar-refractivity contribution in [3.05, 3.63) is 59.0 Å². The summed E-state index contributed by atoms with van der Waals surface area (Å²) in [7, 11) is 0. The minimum absolute atomic E-state index is 0.218. The van der Waals surface area contributed by atoms with Crippen LogP contribution in [0.5, 0.6) is 0 Å². The van der Waals surface area contributed by atoms with Gasteiger partial charge in [0.2, 0.25) is 0 Å². The Hall–Kier alpha value is -2.57. The van der Waals surface area contributed by atoms with Gasteiger partial charge in [-0.05, 0) is 44.9 Å². The molecule has 29 heavy (non-hydrogen) atoms. The first-order valence-corrected chi connectivity index (χ1v) is 10.3. The second-order valence-electron chi connectivity index (χ2n) is 7.74. The monoisotopic (exact) mass is 407 g/mol. The number of rotatable bonds is 3. The molecule has 7 heteroatoms. The van der Waals surface area contributed by atoms with E-state index < -0.39 is 0 Å². The molecule has 4 aromatic rings. The van der Waals surface area contributed by atoms with Crippen molar-refractivity contribution in [1.82, 2.24) is 24.5 Å². The van der Waals surface area contributed by atoms with Crippen molar-refractivity contribution < 1.29 is 4.74 Å². The molecule has 0 amide bonds. The number of hydrogen-bond donors (Lipinski definition) is 0. The van der Waals surface area contributed by atoms with Crippen LogP contribution in [0, 0.1) is 6.92 Å². The van der Waals surface area contributed by atoms with E-state index in [9.17, 15) is 0 Å². The van der Waals surface area contributed by atoms with Crippen LogP contribution in [-0.2, 0) is 11.2 Å². The van der Waals surface area contributed by atoms with E-state index in [2.05, 4.69) is 26.4 Å². The van der Waals surface area contributed by atoms with Crippen molar-refractivity contribution in [2.75, 3.05) is 6.61 Å². The number of imidazole rings is 1. The summed E-state index contributed by atoms with van der Waals surface area (Å²) in [6, 6.07) is 6.14. The smallest absolute Gasteiger partial charge is 0.116 e. The van der Waals surface area contributed by atoms with Gasteiger partial charge in [-0.1, -0.05) is 11.6 Å². The van der Waals surface area contributed by atoms with Crippen molar-refractivity contribution in [2.24, 2.45) is 0 Å². The van der Waals surface area contributed by atoms with Crippen LogP contribution in [0.2, 0.25) is 5.02 Å². The highest BCUT2D eigenvalue weighted by molar-refractivity contribution is 6.31. The summed E-state index contributed by atoms with van der Waals surface area (Å²) in [5.74, 6) is 0.978. The molecule has 0 radical (unpaired) electrons. The minimum Gasteiger partial charge on any atom is -0.378 e. The van der Waals surface area contributed by atoms with Gasteiger partial charge < -0.3 is 9.30 Å². The average molecular weight is 408 g/mol. The Bertz CT molecular complexity index is 1190. The van der Waals surface area contributed by atoms with Crippen LogP contribution in [0.1, 0.15) is 43.0 Å². The molecule has 0 saturated carbocycles. The Balaban J connectivity index is 1.72. The highest BCUT2D eigenvalue weighted by atomic mass is 35.5. The summed E-state index contributed by atoms with van der Waals surface area (Å²) in [5, 5.41) is 1.73. The number of halogens is 1. The largest absolute Gasteiger partial charge is 0.378 e. The number of fused-ring (bicyclic) bond motifs is 3. The van der Waals surface area contributed by atoms with Crippen LogP contribution >= 0.6 is 11.6 Å². The molecule has 1 saturated heterocycles. The van der Waals surface area contributed by atoms with Crippen LogP contribution in [-0.4, -0.2) is 37.2 Å². The molecule has 148 valence electrons. The third-order valence-corrected chi connectivity index (χ3v) is 5.78. The molecule has 1 aliphatic rings. The molecule has 1 unspecified atom stereocenters. The van der Waals surface area contributed by atoms with Gasteiger partial charge in [0.15, 0.2) is 0 Å². The fourth-order valence-corrected chi connectivity index (χ4v) is 4.37. The Morgan fingerprint density at radius 1 is 1.14 bits per heavy atom. The maximum absolute atomic E-state index is 6.34. The minimum atomic E-state index is 0.218. The Labute approximate surface area is 173 Å². The molecule has 0 aliphatic carbocycles. The molecule has 1 aliphatic heterocycles. The van der Waals surface area contributed by atoms with Crippen LogP contribution in [0.15, 0.2) is 36.8 Å². The predicted octanol–water partition coefficient (Wildman–Crippen LogP) is 4.67. The van der Waals surface area contributed by atoms with Crippen molar-refractivity contribution in [3.63, 3.8) is 0 Å². The summed E-state index contributed by atoms with van der Waals surface area (Å²) in [6.07, 6.45) is 8.23. The summed E-state index contributed by atoms with van der Waals surface area (Å²) in [6.45, 7) is 4.82. The summed E-state index contributed by atoms with van der Waals surface area (Å²) in [5.41, 5.74) is 4.71. The van der Waals surface area contributed by atoms with Gasteiger partial charge in [-0.25, -0.2) is 4.98 Å². The lowest BCUT2D eigenvalue weighted by atomic mass is 10.0. The topological polar surface area (TPSA) is 65.7 Å². The molecule has 3 aromatic heterocycles. The van der Waals surface area contributed by atoms with E-state index in [1.54, 1.807) is 6.20 Å². The highest BCUT2D eigenvalue weighted by Crippen LogP contribution is 2.34. The standard InChI is InChI=1S/C22H22ClN5O/c1-13-10-25-16(11-24-13)9-21-27-20-12-26-19-4-3-15(23)8-18(19)22(20)28(21)17-5-6-29-14(2)7-17/h3-4,8,10-12,14,17H,5-7,9H2,1-2H3/t14-,17?/m1/s1. The summed E-state index contributed by atoms with van der Waals surface area (Å²) >= 11 is 6.34. The number of benzene rings is 1. The average Bonchev–Trinajstić information content (AvgIpc) is 3.08. The van der Waals surface area contributed by atoms with E-state index in [1.165, 1.54) is 0 Å². The first-order valence-electron chi connectivity index (χ1n) is 9.92. The second kappa shape index (κ2) is 7.35. The molecular weight excluding hydrogens is 386 g/mol. The molecule has 0 N–H and O–H groups in total.